The van der Waals surface area contributed by atoms with Gasteiger partial charge in [-0.3, -0.25) is 0 Å². The Morgan fingerprint density at radius 1 is 1.33 bits per heavy atom. The highest BCUT2D eigenvalue weighted by molar-refractivity contribution is 5.37. The van der Waals surface area contributed by atoms with Crippen molar-refractivity contribution in [3.63, 3.8) is 0 Å². The average molecular weight is 250 g/mol. The third-order valence-electron chi connectivity index (χ3n) is 3.18. The lowest BCUT2D eigenvalue weighted by atomic mass is 9.92. The zero-order chi connectivity index (χ0) is 13.3. The molecule has 1 aliphatic rings. The van der Waals surface area contributed by atoms with E-state index in [1.807, 2.05) is 6.07 Å². The first-order chi connectivity index (χ1) is 8.40. The molecule has 0 aliphatic carbocycles. The maximum atomic E-state index is 5.82. The van der Waals surface area contributed by atoms with Crippen molar-refractivity contribution in [3.05, 3.63) is 17.6 Å². The third-order valence-corrected chi connectivity index (χ3v) is 3.18. The second-order valence-electron chi connectivity index (χ2n) is 5.90. The number of rotatable bonds is 2. The second kappa shape index (κ2) is 4.82. The summed E-state index contributed by atoms with van der Waals surface area (Å²) in [6.07, 6.45) is 2.30. The third kappa shape index (κ3) is 2.79. The molecule has 2 rings (SSSR count). The summed E-state index contributed by atoms with van der Waals surface area (Å²) in [5.41, 5.74) is 3.55. The minimum absolute atomic E-state index is 0.00519. The normalized spacial score (nSPS) is 24.3. The first kappa shape index (κ1) is 13.2. The number of ether oxygens (including phenoxy) is 1. The molecule has 0 amide bonds. The van der Waals surface area contributed by atoms with Gasteiger partial charge in [-0.15, -0.1) is 0 Å². The largest absolute Gasteiger partial charge is 0.367 e. The number of nitrogens with two attached hydrogens (primary N) is 1. The van der Waals surface area contributed by atoms with Gasteiger partial charge in [-0.1, -0.05) is 20.8 Å². The van der Waals surface area contributed by atoms with Gasteiger partial charge in [0, 0.05) is 11.5 Å². The van der Waals surface area contributed by atoms with Gasteiger partial charge in [0.1, 0.15) is 11.9 Å². The van der Waals surface area contributed by atoms with Crippen molar-refractivity contribution < 1.29 is 4.74 Å². The van der Waals surface area contributed by atoms with Gasteiger partial charge in [0.05, 0.1) is 11.8 Å². The molecule has 1 fully saturated rings. The van der Waals surface area contributed by atoms with E-state index in [9.17, 15) is 0 Å². The summed E-state index contributed by atoms with van der Waals surface area (Å²) in [4.78, 5) is 9.05. The minimum atomic E-state index is -0.0342. The van der Waals surface area contributed by atoms with Crippen LogP contribution in [-0.2, 0) is 10.2 Å². The highest BCUT2D eigenvalue weighted by Gasteiger charge is 2.27. The molecule has 3 N–H and O–H groups in total. The predicted octanol–water partition coefficient (Wildman–Crippen LogP) is 2.30. The molecule has 18 heavy (non-hydrogen) atoms. The quantitative estimate of drug-likeness (QED) is 0.622. The molecule has 0 spiro atoms. The fourth-order valence-electron chi connectivity index (χ4n) is 2.06. The number of aromatic nitrogens is 2. The molecule has 2 atom stereocenters. The van der Waals surface area contributed by atoms with Crippen molar-refractivity contribution in [2.24, 2.45) is 5.84 Å². The molecule has 2 unspecified atom stereocenters. The van der Waals surface area contributed by atoms with Crippen LogP contribution in [0.4, 0.5) is 5.82 Å². The first-order valence-electron chi connectivity index (χ1n) is 6.41. The average Bonchev–Trinajstić information content (AvgIpc) is 2.74. The molecule has 1 aromatic heterocycles. The molecular weight excluding hydrogens is 228 g/mol. The summed E-state index contributed by atoms with van der Waals surface area (Å²) in [7, 11) is 0. The Kier molecular flexibility index (Phi) is 3.54. The fourth-order valence-corrected chi connectivity index (χ4v) is 2.06. The van der Waals surface area contributed by atoms with E-state index in [0.717, 1.165) is 24.4 Å². The van der Waals surface area contributed by atoms with Crippen LogP contribution in [0.2, 0.25) is 0 Å². The molecule has 1 aromatic rings. The van der Waals surface area contributed by atoms with E-state index in [4.69, 9.17) is 10.6 Å². The summed E-state index contributed by atoms with van der Waals surface area (Å²) in [5, 5.41) is 0. The number of nitrogen functional groups attached to an aromatic ring is 1. The highest BCUT2D eigenvalue weighted by Crippen LogP contribution is 2.32. The number of hydrogen-bond donors (Lipinski definition) is 2. The lowest BCUT2D eigenvalue weighted by Gasteiger charge is -2.20. The minimum Gasteiger partial charge on any atom is -0.367 e. The van der Waals surface area contributed by atoms with E-state index in [1.54, 1.807) is 0 Å². The van der Waals surface area contributed by atoms with Gasteiger partial charge in [0.15, 0.2) is 5.82 Å². The summed E-state index contributed by atoms with van der Waals surface area (Å²) in [5.74, 6) is 6.86. The Hall–Kier alpha value is -1.20. The summed E-state index contributed by atoms with van der Waals surface area (Å²) < 4.78 is 5.82. The van der Waals surface area contributed by atoms with Gasteiger partial charge in [-0.25, -0.2) is 15.8 Å². The van der Waals surface area contributed by atoms with Gasteiger partial charge in [-0.2, -0.15) is 0 Å². The van der Waals surface area contributed by atoms with E-state index in [0.29, 0.717) is 5.82 Å². The number of anilines is 1. The van der Waals surface area contributed by atoms with Crippen molar-refractivity contribution in [1.29, 1.82) is 0 Å². The van der Waals surface area contributed by atoms with E-state index in [1.165, 1.54) is 0 Å². The van der Waals surface area contributed by atoms with Gasteiger partial charge in [-0.05, 0) is 19.8 Å². The zero-order valence-electron chi connectivity index (χ0n) is 11.5. The van der Waals surface area contributed by atoms with Crippen molar-refractivity contribution in [2.45, 2.75) is 58.2 Å². The van der Waals surface area contributed by atoms with Crippen molar-refractivity contribution in [1.82, 2.24) is 9.97 Å². The first-order valence-corrected chi connectivity index (χ1v) is 6.41. The summed E-state index contributed by atoms with van der Waals surface area (Å²) >= 11 is 0. The second-order valence-corrected chi connectivity index (χ2v) is 5.90. The maximum Gasteiger partial charge on any atom is 0.159 e. The molecule has 0 radical (unpaired) electrons. The van der Waals surface area contributed by atoms with E-state index >= 15 is 0 Å². The number of hydrazine groups is 1. The van der Waals surface area contributed by atoms with Crippen molar-refractivity contribution in [3.8, 4) is 0 Å². The summed E-state index contributed by atoms with van der Waals surface area (Å²) in [6.45, 7) is 8.45. The van der Waals surface area contributed by atoms with E-state index < -0.39 is 0 Å². The number of nitrogens with one attached hydrogen (secondary N) is 1. The molecule has 5 heteroatoms. The molecule has 2 heterocycles. The highest BCUT2D eigenvalue weighted by atomic mass is 16.5. The molecule has 100 valence electrons. The van der Waals surface area contributed by atoms with Crippen molar-refractivity contribution in [2.75, 3.05) is 5.43 Å². The van der Waals surface area contributed by atoms with E-state index in [2.05, 4.69) is 43.1 Å². The lowest BCUT2D eigenvalue weighted by molar-refractivity contribution is 0.0501. The molecule has 0 bridgehead atoms. The topological polar surface area (TPSA) is 73.1 Å². The van der Waals surface area contributed by atoms with Gasteiger partial charge in [0.25, 0.3) is 0 Å². The maximum absolute atomic E-state index is 5.82. The molecule has 1 saturated heterocycles. The van der Waals surface area contributed by atoms with Crippen LogP contribution in [-0.4, -0.2) is 16.1 Å². The lowest BCUT2D eigenvalue weighted by Crippen LogP contribution is -2.19. The van der Waals surface area contributed by atoms with Crippen molar-refractivity contribution >= 4 is 5.82 Å². The van der Waals surface area contributed by atoms with Gasteiger partial charge < -0.3 is 10.2 Å². The van der Waals surface area contributed by atoms with Crippen LogP contribution in [0.5, 0.6) is 0 Å². The zero-order valence-corrected chi connectivity index (χ0v) is 11.5. The molecular formula is C13H22N4O. The Balaban J connectivity index is 2.35. The Labute approximate surface area is 108 Å². The predicted molar refractivity (Wildman–Crippen MR) is 71.1 cm³/mol. The van der Waals surface area contributed by atoms with Crippen LogP contribution in [0.15, 0.2) is 6.07 Å². The molecule has 0 saturated carbocycles. The van der Waals surface area contributed by atoms with Gasteiger partial charge in [0.2, 0.25) is 0 Å². The Morgan fingerprint density at radius 3 is 2.56 bits per heavy atom. The monoisotopic (exact) mass is 250 g/mol. The summed E-state index contributed by atoms with van der Waals surface area (Å²) in [6, 6.07) is 1.89. The fraction of sp³-hybridized carbons (Fsp3) is 0.692. The molecule has 1 aliphatic heterocycles. The number of hydrogen-bond acceptors (Lipinski definition) is 5. The standard InChI is InChI=1S/C13H22N4O/c1-8-5-6-9(18-8)12-15-10(13(2,3)4)7-11(16-12)17-14/h7-9H,5-6,14H2,1-4H3,(H,15,16,17). The van der Waals surface area contributed by atoms with Crippen LogP contribution < -0.4 is 11.3 Å². The Morgan fingerprint density at radius 2 is 2.06 bits per heavy atom. The molecule has 5 nitrogen and oxygen atoms in total. The van der Waals surface area contributed by atoms with Crippen LogP contribution in [0.25, 0.3) is 0 Å². The van der Waals surface area contributed by atoms with Crippen LogP contribution >= 0.6 is 0 Å². The molecule has 0 aromatic carbocycles. The van der Waals surface area contributed by atoms with E-state index in [-0.39, 0.29) is 17.6 Å². The van der Waals surface area contributed by atoms with Crippen LogP contribution in [0.3, 0.4) is 0 Å². The van der Waals surface area contributed by atoms with Gasteiger partial charge >= 0.3 is 0 Å². The number of nitrogens with zero attached hydrogens (tertiary/aromatic N) is 2. The van der Waals surface area contributed by atoms with Crippen LogP contribution in [0.1, 0.15) is 58.2 Å². The Bertz CT molecular complexity index is 427. The van der Waals surface area contributed by atoms with Crippen LogP contribution in [0, 0.1) is 0 Å². The smallest absolute Gasteiger partial charge is 0.159 e. The SMILES string of the molecule is CC1CCC(c2nc(NN)cc(C(C)(C)C)n2)O1.